The number of halogens is 2. The highest BCUT2D eigenvalue weighted by atomic mass is 79.9. The molecule has 0 saturated carbocycles. The summed E-state index contributed by atoms with van der Waals surface area (Å²) in [7, 11) is 0. The average Bonchev–Trinajstić information content (AvgIpc) is 2.76. The van der Waals surface area contributed by atoms with E-state index in [1.807, 2.05) is 6.07 Å². The van der Waals surface area contributed by atoms with E-state index in [1.165, 1.54) is 12.8 Å². The maximum absolute atomic E-state index is 13.9. The highest BCUT2D eigenvalue weighted by Gasteiger charge is 2.26. The first-order valence-electron chi connectivity index (χ1n) is 5.88. The summed E-state index contributed by atoms with van der Waals surface area (Å²) in [5.41, 5.74) is 1.86. The third-order valence-electron chi connectivity index (χ3n) is 3.35. The molecule has 2 rings (SSSR count). The number of nitrogens with zero attached hydrogens (tertiary/aromatic N) is 1. The minimum atomic E-state index is -0.0858. The molecule has 0 aromatic heterocycles. The van der Waals surface area contributed by atoms with Crippen molar-refractivity contribution in [1.29, 1.82) is 0 Å². The second-order valence-corrected chi connectivity index (χ2v) is 4.84. The molecule has 1 saturated heterocycles. The van der Waals surface area contributed by atoms with Gasteiger partial charge in [-0.15, -0.1) is 0 Å². The van der Waals surface area contributed by atoms with Crippen LogP contribution in [0.15, 0.2) is 18.2 Å². The largest absolute Gasteiger partial charge is 0.366 e. The number of hydrogen-bond donors (Lipinski definition) is 0. The summed E-state index contributed by atoms with van der Waals surface area (Å²) >= 11 is 3.44. The van der Waals surface area contributed by atoms with Crippen molar-refractivity contribution in [3.05, 3.63) is 29.6 Å². The minimum absolute atomic E-state index is 0.0858. The summed E-state index contributed by atoms with van der Waals surface area (Å²) in [6.45, 7) is 3.16. The van der Waals surface area contributed by atoms with Crippen molar-refractivity contribution < 1.29 is 4.39 Å². The molecule has 88 valence electrons. The summed E-state index contributed by atoms with van der Waals surface area (Å²) in [5.74, 6) is -0.0858. The first-order chi connectivity index (χ1) is 7.77. The van der Waals surface area contributed by atoms with Crippen molar-refractivity contribution in [2.75, 3.05) is 11.4 Å². The summed E-state index contributed by atoms with van der Waals surface area (Å²) in [4.78, 5) is 2.24. The van der Waals surface area contributed by atoms with Crippen LogP contribution >= 0.6 is 15.9 Å². The number of benzene rings is 1. The molecule has 1 heterocycles. The maximum Gasteiger partial charge on any atom is 0.146 e. The topological polar surface area (TPSA) is 3.24 Å². The van der Waals surface area contributed by atoms with Gasteiger partial charge >= 0.3 is 0 Å². The summed E-state index contributed by atoms with van der Waals surface area (Å²) in [6.07, 6.45) is 3.46. The molecular weight excluding hydrogens is 269 g/mol. The zero-order chi connectivity index (χ0) is 11.5. The van der Waals surface area contributed by atoms with Crippen molar-refractivity contribution in [3.63, 3.8) is 0 Å². The first kappa shape index (κ1) is 11.9. The van der Waals surface area contributed by atoms with Crippen LogP contribution < -0.4 is 4.90 Å². The predicted molar refractivity (Wildman–Crippen MR) is 69.7 cm³/mol. The molecule has 0 radical (unpaired) electrons. The molecule has 1 atom stereocenters. The third-order valence-corrected chi connectivity index (χ3v) is 3.95. The summed E-state index contributed by atoms with van der Waals surface area (Å²) in [5, 5.41) is 0.715. The normalized spacial score (nSPS) is 20.4. The van der Waals surface area contributed by atoms with Crippen LogP contribution in [-0.4, -0.2) is 12.6 Å². The van der Waals surface area contributed by atoms with Crippen molar-refractivity contribution >= 4 is 21.6 Å². The number of alkyl halides is 1. The molecule has 1 aromatic carbocycles. The number of rotatable bonds is 3. The molecule has 0 aliphatic carbocycles. The van der Waals surface area contributed by atoms with Crippen molar-refractivity contribution in [2.24, 2.45) is 0 Å². The van der Waals surface area contributed by atoms with E-state index < -0.39 is 0 Å². The van der Waals surface area contributed by atoms with Gasteiger partial charge in [-0.2, -0.15) is 0 Å². The van der Waals surface area contributed by atoms with Gasteiger partial charge in [0.2, 0.25) is 0 Å². The van der Waals surface area contributed by atoms with Crippen LogP contribution in [0.5, 0.6) is 0 Å². The van der Waals surface area contributed by atoms with Crippen LogP contribution in [0.3, 0.4) is 0 Å². The van der Waals surface area contributed by atoms with Gasteiger partial charge < -0.3 is 4.90 Å². The monoisotopic (exact) mass is 285 g/mol. The second-order valence-electron chi connectivity index (χ2n) is 4.28. The van der Waals surface area contributed by atoms with Crippen molar-refractivity contribution in [2.45, 2.75) is 37.6 Å². The van der Waals surface area contributed by atoms with Crippen LogP contribution in [-0.2, 0) is 5.33 Å². The van der Waals surface area contributed by atoms with Gasteiger partial charge in [-0.25, -0.2) is 4.39 Å². The molecule has 1 fully saturated rings. The van der Waals surface area contributed by atoms with Gasteiger partial charge in [0.15, 0.2) is 0 Å². The Morgan fingerprint density at radius 2 is 2.31 bits per heavy atom. The number of hydrogen-bond acceptors (Lipinski definition) is 1. The van der Waals surface area contributed by atoms with Crippen LogP contribution in [0, 0.1) is 5.82 Å². The zero-order valence-corrected chi connectivity index (χ0v) is 11.1. The van der Waals surface area contributed by atoms with E-state index in [2.05, 4.69) is 27.8 Å². The molecule has 1 unspecified atom stereocenters. The lowest BCUT2D eigenvalue weighted by Gasteiger charge is -2.28. The van der Waals surface area contributed by atoms with Crippen LogP contribution in [0.4, 0.5) is 10.1 Å². The van der Waals surface area contributed by atoms with Crippen LogP contribution in [0.25, 0.3) is 0 Å². The number of anilines is 1. The fraction of sp³-hybridized carbons (Fsp3) is 0.538. The van der Waals surface area contributed by atoms with Gasteiger partial charge in [-0.05, 0) is 30.9 Å². The Hall–Kier alpha value is -0.570. The Morgan fingerprint density at radius 1 is 1.50 bits per heavy atom. The summed E-state index contributed by atoms with van der Waals surface area (Å²) in [6, 6.07) is 5.85. The SMILES string of the molecule is CCC1CCCN1c1c(F)cccc1CBr. The van der Waals surface area contributed by atoms with E-state index in [9.17, 15) is 4.39 Å². The lowest BCUT2D eigenvalue weighted by molar-refractivity contribution is 0.595. The van der Waals surface area contributed by atoms with Crippen molar-refractivity contribution in [3.8, 4) is 0 Å². The molecule has 1 nitrogen and oxygen atoms in total. The van der Waals surface area contributed by atoms with Gasteiger partial charge in [0.25, 0.3) is 0 Å². The maximum atomic E-state index is 13.9. The van der Waals surface area contributed by atoms with Gasteiger partial charge in [-0.1, -0.05) is 35.0 Å². The van der Waals surface area contributed by atoms with Gasteiger partial charge in [0.1, 0.15) is 5.82 Å². The van der Waals surface area contributed by atoms with E-state index in [-0.39, 0.29) is 5.82 Å². The molecule has 1 aliphatic rings. The van der Waals surface area contributed by atoms with E-state index in [4.69, 9.17) is 0 Å². The predicted octanol–water partition coefficient (Wildman–Crippen LogP) is 4.10. The summed E-state index contributed by atoms with van der Waals surface area (Å²) < 4.78 is 13.9. The fourth-order valence-electron chi connectivity index (χ4n) is 2.54. The molecule has 0 bridgehead atoms. The average molecular weight is 286 g/mol. The molecular formula is C13H17BrFN. The van der Waals surface area contributed by atoms with Crippen LogP contribution in [0.2, 0.25) is 0 Å². The highest BCUT2D eigenvalue weighted by Crippen LogP contribution is 2.33. The Kier molecular flexibility index (Phi) is 3.85. The van der Waals surface area contributed by atoms with E-state index in [1.54, 1.807) is 12.1 Å². The highest BCUT2D eigenvalue weighted by molar-refractivity contribution is 9.08. The standard InChI is InChI=1S/C13H17BrFN/c1-2-11-6-4-8-16(11)13-10(9-14)5-3-7-12(13)15/h3,5,7,11H,2,4,6,8-9H2,1H3. The van der Waals surface area contributed by atoms with E-state index >= 15 is 0 Å². The zero-order valence-electron chi connectivity index (χ0n) is 9.55. The van der Waals surface area contributed by atoms with E-state index in [0.717, 1.165) is 24.2 Å². The molecule has 0 N–H and O–H groups in total. The lowest BCUT2D eigenvalue weighted by Crippen LogP contribution is -2.30. The molecule has 3 heteroatoms. The smallest absolute Gasteiger partial charge is 0.146 e. The minimum Gasteiger partial charge on any atom is -0.366 e. The molecule has 0 amide bonds. The lowest BCUT2D eigenvalue weighted by atomic mass is 10.1. The number of para-hydroxylation sites is 1. The van der Waals surface area contributed by atoms with Gasteiger partial charge in [0, 0.05) is 17.9 Å². The second kappa shape index (κ2) is 5.17. The Balaban J connectivity index is 2.38. The van der Waals surface area contributed by atoms with Crippen LogP contribution in [0.1, 0.15) is 31.7 Å². The Labute approximate surface area is 105 Å². The van der Waals surface area contributed by atoms with E-state index in [0.29, 0.717) is 11.4 Å². The molecule has 1 aliphatic heterocycles. The van der Waals surface area contributed by atoms with Gasteiger partial charge in [-0.3, -0.25) is 0 Å². The Bertz CT molecular complexity index is 367. The fourth-order valence-corrected chi connectivity index (χ4v) is 3.00. The molecule has 16 heavy (non-hydrogen) atoms. The third kappa shape index (κ3) is 2.10. The Morgan fingerprint density at radius 3 is 3.00 bits per heavy atom. The molecule has 0 spiro atoms. The first-order valence-corrected chi connectivity index (χ1v) is 7.00. The van der Waals surface area contributed by atoms with Crippen molar-refractivity contribution in [1.82, 2.24) is 0 Å². The van der Waals surface area contributed by atoms with Gasteiger partial charge in [0.05, 0.1) is 5.69 Å². The quantitative estimate of drug-likeness (QED) is 0.756. The molecule has 1 aromatic rings.